The number of amides is 3. The lowest BCUT2D eigenvalue weighted by molar-refractivity contribution is -0.144. The molecular formula is C27H39BN4O5. The van der Waals surface area contributed by atoms with E-state index in [0.29, 0.717) is 18.4 Å². The normalized spacial score (nSPS) is 22.7. The summed E-state index contributed by atoms with van der Waals surface area (Å²) in [6.07, 6.45) is 4.54. The van der Waals surface area contributed by atoms with E-state index < -0.39 is 18.0 Å². The highest BCUT2D eigenvalue weighted by Crippen LogP contribution is 2.31. The SMILES string of the molecule is BN(C)[C@@H](C)C(=O)N[C@H]1CCCC[C@H]2CC[C@@H](C(=O)NCc3cccc(C(C(C)=O)C(C)=O)c3)N2C1=O. The summed E-state index contributed by atoms with van der Waals surface area (Å²) in [5.74, 6) is -1.87. The number of Topliss-reactive ketones (excluding diaryl/α,β-unsaturated/α-hetero) is 2. The molecule has 0 bridgehead atoms. The van der Waals surface area contributed by atoms with Crippen LogP contribution in [0.4, 0.5) is 0 Å². The minimum absolute atomic E-state index is 0.00977. The second-order valence-electron chi connectivity index (χ2n) is 10.6. The minimum atomic E-state index is -0.813. The zero-order valence-electron chi connectivity index (χ0n) is 22.6. The zero-order chi connectivity index (χ0) is 27.3. The van der Waals surface area contributed by atoms with Gasteiger partial charge >= 0.3 is 0 Å². The molecule has 10 heteroatoms. The van der Waals surface area contributed by atoms with E-state index in [-0.39, 0.29) is 47.9 Å². The lowest BCUT2D eigenvalue weighted by Crippen LogP contribution is -2.58. The first-order valence-corrected chi connectivity index (χ1v) is 13.2. The van der Waals surface area contributed by atoms with Crippen molar-refractivity contribution in [3.63, 3.8) is 0 Å². The zero-order valence-corrected chi connectivity index (χ0v) is 22.6. The Balaban J connectivity index is 1.71. The van der Waals surface area contributed by atoms with Crippen LogP contribution in [0.1, 0.15) is 76.3 Å². The van der Waals surface area contributed by atoms with E-state index in [2.05, 4.69) is 10.6 Å². The smallest absolute Gasteiger partial charge is 0.246 e. The maximum Gasteiger partial charge on any atom is 0.246 e. The molecule has 2 aliphatic rings. The molecular weight excluding hydrogens is 471 g/mol. The van der Waals surface area contributed by atoms with E-state index in [1.165, 1.54) is 13.8 Å². The topological polar surface area (TPSA) is 116 Å². The van der Waals surface area contributed by atoms with Crippen LogP contribution in [0.5, 0.6) is 0 Å². The number of fused-ring (bicyclic) bond motifs is 1. The second kappa shape index (κ2) is 12.5. The van der Waals surface area contributed by atoms with E-state index in [1.807, 2.05) is 21.1 Å². The van der Waals surface area contributed by atoms with Crippen LogP contribution in [0, 0.1) is 0 Å². The predicted octanol–water partition coefficient (Wildman–Crippen LogP) is 0.851. The number of ketones is 2. The average molecular weight is 510 g/mol. The molecule has 3 rings (SSSR count). The van der Waals surface area contributed by atoms with Crippen LogP contribution < -0.4 is 10.6 Å². The minimum Gasteiger partial charge on any atom is -0.350 e. The van der Waals surface area contributed by atoms with Crippen LogP contribution >= 0.6 is 0 Å². The summed E-state index contributed by atoms with van der Waals surface area (Å²) in [6, 6.07) is 5.50. The van der Waals surface area contributed by atoms with Gasteiger partial charge in [0.1, 0.15) is 29.6 Å². The molecule has 2 fully saturated rings. The highest BCUT2D eigenvalue weighted by atomic mass is 16.2. The Hall–Kier alpha value is -3.01. The Morgan fingerprint density at radius 2 is 1.76 bits per heavy atom. The number of nitrogens with zero attached hydrogens (tertiary/aromatic N) is 2. The molecule has 37 heavy (non-hydrogen) atoms. The number of nitrogens with one attached hydrogen (secondary N) is 2. The van der Waals surface area contributed by atoms with E-state index in [4.69, 9.17) is 0 Å². The molecule has 2 aliphatic heterocycles. The van der Waals surface area contributed by atoms with E-state index >= 15 is 0 Å². The molecule has 3 amide bonds. The maximum absolute atomic E-state index is 13.6. The molecule has 2 heterocycles. The Morgan fingerprint density at radius 1 is 1.08 bits per heavy atom. The number of likely N-dealkylation sites (N-methyl/N-ethyl adjacent to an activating group) is 1. The lowest BCUT2D eigenvalue weighted by Gasteiger charge is -2.35. The van der Waals surface area contributed by atoms with Crippen molar-refractivity contribution >= 4 is 37.3 Å². The molecule has 1 aromatic carbocycles. The molecule has 0 aliphatic carbocycles. The molecule has 1 aromatic rings. The first kappa shape index (κ1) is 28.6. The quantitative estimate of drug-likeness (QED) is 0.376. The van der Waals surface area contributed by atoms with E-state index in [0.717, 1.165) is 31.2 Å². The van der Waals surface area contributed by atoms with Gasteiger partial charge in [-0.1, -0.05) is 37.1 Å². The van der Waals surface area contributed by atoms with Crippen molar-refractivity contribution in [1.29, 1.82) is 0 Å². The van der Waals surface area contributed by atoms with Crippen LogP contribution in [-0.2, 0) is 30.5 Å². The third kappa shape index (κ3) is 6.86. The van der Waals surface area contributed by atoms with Gasteiger partial charge in [0.05, 0.1) is 6.04 Å². The first-order valence-electron chi connectivity index (χ1n) is 13.2. The summed E-state index contributed by atoms with van der Waals surface area (Å²) >= 11 is 0. The highest BCUT2D eigenvalue weighted by molar-refractivity contribution is 6.07. The van der Waals surface area contributed by atoms with E-state index in [9.17, 15) is 24.0 Å². The van der Waals surface area contributed by atoms with Crippen molar-refractivity contribution in [2.24, 2.45) is 0 Å². The van der Waals surface area contributed by atoms with Gasteiger partial charge in [-0.15, -0.1) is 0 Å². The highest BCUT2D eigenvalue weighted by Gasteiger charge is 2.44. The fourth-order valence-electron chi connectivity index (χ4n) is 5.40. The van der Waals surface area contributed by atoms with Crippen molar-refractivity contribution in [1.82, 2.24) is 20.3 Å². The Morgan fingerprint density at radius 3 is 2.41 bits per heavy atom. The van der Waals surface area contributed by atoms with Gasteiger partial charge in [0.25, 0.3) is 0 Å². The standard InChI is InChI=1S/C27H39BN4O5/c1-16(31(4)28)25(35)30-22-11-6-5-10-21-12-13-23(32(21)27(22)37)26(36)29-15-19-8-7-9-20(14-19)24(17(2)33)18(3)34/h7-9,14,16,21-24H,5-6,10-13,15,28H2,1-4H3,(H,29,36)(H,30,35)/t16-,21-,22-,23-/m0/s1. The second-order valence-corrected chi connectivity index (χ2v) is 10.6. The van der Waals surface area contributed by atoms with Gasteiger partial charge in [-0.25, -0.2) is 0 Å². The average Bonchev–Trinajstić information content (AvgIpc) is 3.25. The molecule has 2 N–H and O–H groups in total. The number of carbonyl (C=O) groups excluding carboxylic acids is 5. The predicted molar refractivity (Wildman–Crippen MR) is 142 cm³/mol. The van der Waals surface area contributed by atoms with Crippen molar-refractivity contribution in [3.8, 4) is 0 Å². The van der Waals surface area contributed by atoms with Crippen LogP contribution in [0.25, 0.3) is 0 Å². The van der Waals surface area contributed by atoms with E-state index in [1.54, 1.807) is 34.8 Å². The number of rotatable bonds is 9. The van der Waals surface area contributed by atoms with Crippen LogP contribution in [0.3, 0.4) is 0 Å². The number of hydrogen-bond acceptors (Lipinski definition) is 6. The first-order chi connectivity index (χ1) is 17.5. The van der Waals surface area contributed by atoms with Crippen LogP contribution in [0.15, 0.2) is 24.3 Å². The fraction of sp³-hybridized carbons (Fsp3) is 0.593. The third-order valence-electron chi connectivity index (χ3n) is 7.67. The van der Waals surface area contributed by atoms with Gasteiger partial charge in [-0.05, 0) is 64.6 Å². The van der Waals surface area contributed by atoms with Crippen molar-refractivity contribution in [2.75, 3.05) is 7.05 Å². The summed E-state index contributed by atoms with van der Waals surface area (Å²) in [5, 5.41) is 5.87. The Kier molecular flexibility index (Phi) is 9.65. The third-order valence-corrected chi connectivity index (χ3v) is 7.67. The summed E-state index contributed by atoms with van der Waals surface area (Å²) in [7, 11) is 3.63. The fourth-order valence-corrected chi connectivity index (χ4v) is 5.40. The van der Waals surface area contributed by atoms with Gasteiger partial charge in [0.2, 0.25) is 17.7 Å². The summed E-state index contributed by atoms with van der Waals surface area (Å²) in [5.41, 5.74) is 1.38. The Bertz CT molecular complexity index is 1030. The molecule has 0 saturated carbocycles. The Labute approximate surface area is 220 Å². The van der Waals surface area contributed by atoms with Gasteiger partial charge in [0.15, 0.2) is 7.98 Å². The molecule has 0 aromatic heterocycles. The molecule has 200 valence electrons. The lowest BCUT2D eigenvalue weighted by atomic mass is 9.91. The monoisotopic (exact) mass is 510 g/mol. The molecule has 4 atom stereocenters. The summed E-state index contributed by atoms with van der Waals surface area (Å²) in [6.45, 7) is 4.81. The van der Waals surface area contributed by atoms with Crippen molar-refractivity contribution in [2.45, 2.75) is 95.9 Å². The molecule has 0 radical (unpaired) electrons. The van der Waals surface area contributed by atoms with Crippen LogP contribution in [0.2, 0.25) is 0 Å². The van der Waals surface area contributed by atoms with Crippen molar-refractivity contribution in [3.05, 3.63) is 35.4 Å². The molecule has 0 unspecified atom stereocenters. The van der Waals surface area contributed by atoms with Gasteiger partial charge < -0.3 is 20.3 Å². The number of benzene rings is 1. The summed E-state index contributed by atoms with van der Waals surface area (Å²) < 4.78 is 0. The molecule has 2 saturated heterocycles. The largest absolute Gasteiger partial charge is 0.350 e. The van der Waals surface area contributed by atoms with Gasteiger partial charge in [0, 0.05) is 12.6 Å². The molecule has 9 nitrogen and oxygen atoms in total. The maximum atomic E-state index is 13.6. The number of carbonyl (C=O) groups is 5. The van der Waals surface area contributed by atoms with Gasteiger partial charge in [-0.2, -0.15) is 0 Å². The summed E-state index contributed by atoms with van der Waals surface area (Å²) in [4.78, 5) is 67.0. The number of hydrogen-bond donors (Lipinski definition) is 2. The van der Waals surface area contributed by atoms with Gasteiger partial charge in [-0.3, -0.25) is 24.0 Å². The van der Waals surface area contributed by atoms with Crippen molar-refractivity contribution < 1.29 is 24.0 Å². The van der Waals surface area contributed by atoms with Crippen LogP contribution in [-0.4, -0.2) is 78.2 Å². The molecule has 0 spiro atoms.